The Morgan fingerprint density at radius 1 is 1.00 bits per heavy atom. The molecule has 6 heteroatoms. The lowest BCUT2D eigenvalue weighted by Crippen LogP contribution is -2.27. The molecule has 4 nitrogen and oxygen atoms in total. The van der Waals surface area contributed by atoms with Crippen LogP contribution in [-0.2, 0) is 6.42 Å². The first-order chi connectivity index (χ1) is 15.1. The number of aromatic amines is 1. The quantitative estimate of drug-likeness (QED) is 0.376. The molecule has 0 spiro atoms. The van der Waals surface area contributed by atoms with Crippen molar-refractivity contribution in [2.75, 3.05) is 0 Å². The first-order valence-electron chi connectivity index (χ1n) is 10.1. The van der Waals surface area contributed by atoms with Crippen molar-refractivity contribution in [3.05, 3.63) is 99.5 Å². The molecule has 1 aliphatic rings. The highest BCUT2D eigenvalue weighted by molar-refractivity contribution is 6.36. The van der Waals surface area contributed by atoms with Gasteiger partial charge in [0.25, 0.3) is 5.91 Å². The Balaban J connectivity index is 1.31. The smallest absolute Gasteiger partial charge is 0.251 e. The van der Waals surface area contributed by atoms with Crippen molar-refractivity contribution in [1.82, 2.24) is 15.5 Å². The van der Waals surface area contributed by atoms with Crippen LogP contribution in [0.1, 0.15) is 33.9 Å². The average molecular weight is 448 g/mol. The number of halogens is 2. The molecule has 0 aliphatic heterocycles. The molecule has 0 radical (unpaired) electrons. The number of carbonyl (C=O) groups is 1. The molecule has 0 saturated heterocycles. The molecule has 1 amide bonds. The topological polar surface area (TPSA) is 57.8 Å². The van der Waals surface area contributed by atoms with Gasteiger partial charge in [0.1, 0.15) is 0 Å². The predicted molar refractivity (Wildman–Crippen MR) is 124 cm³/mol. The number of nitrogens with one attached hydrogen (secondary N) is 2. The fourth-order valence-corrected chi connectivity index (χ4v) is 4.57. The van der Waals surface area contributed by atoms with E-state index in [1.807, 2.05) is 48.5 Å². The van der Waals surface area contributed by atoms with Crippen molar-refractivity contribution in [3.8, 4) is 22.5 Å². The van der Waals surface area contributed by atoms with Gasteiger partial charge in [0.15, 0.2) is 0 Å². The van der Waals surface area contributed by atoms with Gasteiger partial charge in [-0.3, -0.25) is 9.89 Å². The molecule has 0 saturated carbocycles. The van der Waals surface area contributed by atoms with Crippen molar-refractivity contribution >= 4 is 29.1 Å². The van der Waals surface area contributed by atoms with E-state index in [4.69, 9.17) is 23.2 Å². The minimum Gasteiger partial charge on any atom is -0.345 e. The molecule has 1 atom stereocenters. The van der Waals surface area contributed by atoms with E-state index in [1.54, 1.807) is 12.1 Å². The molecule has 0 bridgehead atoms. The van der Waals surface area contributed by atoms with Crippen molar-refractivity contribution < 1.29 is 4.79 Å². The van der Waals surface area contributed by atoms with E-state index in [0.717, 1.165) is 35.4 Å². The zero-order chi connectivity index (χ0) is 21.4. The summed E-state index contributed by atoms with van der Waals surface area (Å²) in [6.07, 6.45) is 1.94. The first-order valence-corrected chi connectivity index (χ1v) is 10.8. The lowest BCUT2D eigenvalue weighted by atomic mass is 10.1. The van der Waals surface area contributed by atoms with Gasteiger partial charge in [-0.05, 0) is 60.4 Å². The highest BCUT2D eigenvalue weighted by Crippen LogP contribution is 2.32. The van der Waals surface area contributed by atoms with E-state index in [-0.39, 0.29) is 11.9 Å². The molecule has 5 rings (SSSR count). The number of rotatable bonds is 4. The number of carbonyl (C=O) groups excluding carboxylic acids is 1. The summed E-state index contributed by atoms with van der Waals surface area (Å²) in [6.45, 7) is 0. The average Bonchev–Trinajstić information content (AvgIpc) is 3.42. The third kappa shape index (κ3) is 3.97. The molecule has 4 aromatic rings. The highest BCUT2D eigenvalue weighted by atomic mass is 35.5. The van der Waals surface area contributed by atoms with Crippen LogP contribution in [0.5, 0.6) is 0 Å². The third-order valence-corrected chi connectivity index (χ3v) is 6.23. The predicted octanol–water partition coefficient (Wildman–Crippen LogP) is 6.47. The Morgan fingerprint density at radius 2 is 1.81 bits per heavy atom. The van der Waals surface area contributed by atoms with Gasteiger partial charge in [0, 0.05) is 21.7 Å². The minimum absolute atomic E-state index is 0.0658. The van der Waals surface area contributed by atoms with E-state index >= 15 is 0 Å². The molecule has 0 fully saturated rings. The normalized spacial score (nSPS) is 15.0. The maximum atomic E-state index is 12.8. The summed E-state index contributed by atoms with van der Waals surface area (Å²) in [6, 6.07) is 23.1. The number of aryl methyl sites for hydroxylation is 1. The van der Waals surface area contributed by atoms with Gasteiger partial charge in [0.2, 0.25) is 0 Å². The van der Waals surface area contributed by atoms with Crippen LogP contribution in [0.15, 0.2) is 72.8 Å². The molecule has 31 heavy (non-hydrogen) atoms. The van der Waals surface area contributed by atoms with E-state index in [1.165, 1.54) is 11.1 Å². The van der Waals surface area contributed by atoms with Gasteiger partial charge in [-0.1, -0.05) is 59.6 Å². The van der Waals surface area contributed by atoms with Crippen molar-refractivity contribution in [2.24, 2.45) is 0 Å². The Labute approximate surface area is 190 Å². The van der Waals surface area contributed by atoms with Gasteiger partial charge < -0.3 is 5.32 Å². The SMILES string of the molecule is O=C(NC1CCc2ccccc21)c1ccc(-c2cc(-c3ccc(Cl)cc3Cl)[nH]n2)cc1. The van der Waals surface area contributed by atoms with Crippen LogP contribution in [-0.4, -0.2) is 16.1 Å². The second kappa shape index (κ2) is 8.22. The largest absolute Gasteiger partial charge is 0.345 e. The molecular formula is C25H19Cl2N3O. The summed E-state index contributed by atoms with van der Waals surface area (Å²) in [4.78, 5) is 12.8. The number of benzene rings is 3. The molecule has 1 heterocycles. The van der Waals surface area contributed by atoms with Crippen LogP contribution < -0.4 is 5.32 Å². The van der Waals surface area contributed by atoms with Crippen LogP contribution in [0.3, 0.4) is 0 Å². The van der Waals surface area contributed by atoms with Crippen LogP contribution in [0.4, 0.5) is 0 Å². The number of hydrogen-bond donors (Lipinski definition) is 2. The summed E-state index contributed by atoms with van der Waals surface area (Å²) < 4.78 is 0. The van der Waals surface area contributed by atoms with Crippen LogP contribution >= 0.6 is 23.2 Å². The van der Waals surface area contributed by atoms with Gasteiger partial charge in [-0.25, -0.2) is 0 Å². The first kappa shape index (κ1) is 19.9. The summed E-state index contributed by atoms with van der Waals surface area (Å²) in [5.74, 6) is -0.0658. The standard InChI is InChI=1S/C25H19Cl2N3O/c26-18-10-11-20(21(27)13-18)24-14-23(29-30-24)16-5-7-17(8-6-16)25(31)28-22-12-9-15-3-1-2-4-19(15)22/h1-8,10-11,13-14,22H,9,12H2,(H,28,31)(H,29,30). The molecule has 154 valence electrons. The Hall–Kier alpha value is -3.08. The third-order valence-electron chi connectivity index (χ3n) is 5.68. The second-order valence-corrected chi connectivity index (χ2v) is 8.48. The van der Waals surface area contributed by atoms with E-state index < -0.39 is 0 Å². The monoisotopic (exact) mass is 447 g/mol. The Kier molecular flexibility index (Phi) is 5.26. The minimum atomic E-state index is -0.0658. The number of nitrogens with zero attached hydrogens (tertiary/aromatic N) is 1. The molecule has 1 unspecified atom stereocenters. The number of fused-ring (bicyclic) bond motifs is 1. The summed E-state index contributed by atoms with van der Waals surface area (Å²) in [7, 11) is 0. The highest BCUT2D eigenvalue weighted by Gasteiger charge is 2.23. The van der Waals surface area contributed by atoms with E-state index in [0.29, 0.717) is 15.6 Å². The van der Waals surface area contributed by atoms with Crippen LogP contribution in [0, 0.1) is 0 Å². The lowest BCUT2D eigenvalue weighted by molar-refractivity contribution is 0.0936. The fraction of sp³-hybridized carbons (Fsp3) is 0.120. The summed E-state index contributed by atoms with van der Waals surface area (Å²) >= 11 is 12.3. The maximum Gasteiger partial charge on any atom is 0.251 e. The maximum absolute atomic E-state index is 12.8. The number of amides is 1. The van der Waals surface area contributed by atoms with Gasteiger partial charge in [-0.2, -0.15) is 5.10 Å². The molecule has 3 aromatic carbocycles. The Bertz CT molecular complexity index is 1260. The number of aromatic nitrogens is 2. The van der Waals surface area contributed by atoms with Crippen LogP contribution in [0.2, 0.25) is 10.0 Å². The van der Waals surface area contributed by atoms with Gasteiger partial charge >= 0.3 is 0 Å². The molecule has 1 aromatic heterocycles. The number of hydrogen-bond acceptors (Lipinski definition) is 2. The lowest BCUT2D eigenvalue weighted by Gasteiger charge is -2.14. The Morgan fingerprint density at radius 3 is 2.61 bits per heavy atom. The van der Waals surface area contributed by atoms with Gasteiger partial charge in [0.05, 0.1) is 22.5 Å². The van der Waals surface area contributed by atoms with E-state index in [2.05, 4.69) is 27.6 Å². The van der Waals surface area contributed by atoms with Crippen molar-refractivity contribution in [3.63, 3.8) is 0 Å². The number of H-pyrrole nitrogens is 1. The zero-order valence-corrected chi connectivity index (χ0v) is 18.0. The van der Waals surface area contributed by atoms with Gasteiger partial charge in [-0.15, -0.1) is 0 Å². The summed E-state index contributed by atoms with van der Waals surface area (Å²) in [5, 5.41) is 11.7. The zero-order valence-electron chi connectivity index (χ0n) is 16.5. The molecule has 1 aliphatic carbocycles. The summed E-state index contributed by atoms with van der Waals surface area (Å²) in [5.41, 5.74) is 6.49. The molecular weight excluding hydrogens is 429 g/mol. The fourth-order valence-electron chi connectivity index (χ4n) is 4.06. The van der Waals surface area contributed by atoms with E-state index in [9.17, 15) is 4.79 Å². The van der Waals surface area contributed by atoms with Crippen molar-refractivity contribution in [1.29, 1.82) is 0 Å². The van der Waals surface area contributed by atoms with Crippen molar-refractivity contribution in [2.45, 2.75) is 18.9 Å². The second-order valence-electron chi connectivity index (χ2n) is 7.63. The molecule has 2 N–H and O–H groups in total. The van der Waals surface area contributed by atoms with Crippen LogP contribution in [0.25, 0.3) is 22.5 Å².